The van der Waals surface area contributed by atoms with E-state index in [1.165, 1.54) is 25.8 Å². The third kappa shape index (κ3) is 3.05. The molecule has 2 aromatic heterocycles. The van der Waals surface area contributed by atoms with Gasteiger partial charge in [0.05, 0.1) is 5.69 Å². The van der Waals surface area contributed by atoms with Gasteiger partial charge in [0.25, 0.3) is 0 Å². The Bertz CT molecular complexity index is 686. The van der Waals surface area contributed by atoms with Crippen molar-refractivity contribution >= 4 is 11.6 Å². The molecule has 2 aliphatic heterocycles. The second-order valence-corrected chi connectivity index (χ2v) is 7.23. The van der Waals surface area contributed by atoms with Gasteiger partial charge >= 0.3 is 0 Å². The molecule has 24 heavy (non-hydrogen) atoms. The van der Waals surface area contributed by atoms with E-state index in [0.717, 1.165) is 30.9 Å². The largest absolute Gasteiger partial charge is 0.339 e. The van der Waals surface area contributed by atoms with Crippen LogP contribution in [0.3, 0.4) is 0 Å². The van der Waals surface area contributed by atoms with Gasteiger partial charge in [-0.05, 0) is 44.9 Å². The predicted molar refractivity (Wildman–Crippen MR) is 93.9 cm³/mol. The van der Waals surface area contributed by atoms with Crippen LogP contribution in [0.1, 0.15) is 38.3 Å². The number of carbonyl (C=O) groups excluding carboxylic acids is 1. The molecule has 5 heteroatoms. The van der Waals surface area contributed by atoms with Crippen LogP contribution in [-0.2, 0) is 11.2 Å². The van der Waals surface area contributed by atoms with Crippen LogP contribution in [0.4, 0.5) is 0 Å². The minimum atomic E-state index is 0.271. The lowest BCUT2D eigenvalue weighted by Gasteiger charge is -2.49. The molecular formula is C19H26N4O. The minimum Gasteiger partial charge on any atom is -0.339 e. The van der Waals surface area contributed by atoms with E-state index in [-0.39, 0.29) is 5.91 Å². The molecular weight excluding hydrogens is 300 g/mol. The van der Waals surface area contributed by atoms with Gasteiger partial charge in [-0.1, -0.05) is 12.5 Å². The molecule has 0 bridgehead atoms. The first kappa shape index (κ1) is 15.6. The number of nitrogens with zero attached hydrogens (tertiary/aromatic N) is 4. The standard InChI is InChI=1S/C19H26N4O/c1-15-6-2-5-11-23(15)17-13-22(14-17)19(24)9-8-16-12-21-10-4-3-7-18(21)20-16/h3-4,7,10,12,15,17H,2,5-6,8-9,11,13-14H2,1H3. The number of aromatic nitrogens is 2. The highest BCUT2D eigenvalue weighted by Gasteiger charge is 2.37. The summed E-state index contributed by atoms with van der Waals surface area (Å²) in [6, 6.07) is 7.23. The minimum absolute atomic E-state index is 0.271. The lowest BCUT2D eigenvalue weighted by Crippen LogP contribution is -2.63. The fourth-order valence-corrected chi connectivity index (χ4v) is 4.03. The number of rotatable bonds is 4. The van der Waals surface area contributed by atoms with E-state index in [2.05, 4.69) is 16.8 Å². The molecule has 0 saturated carbocycles. The molecule has 1 unspecified atom stereocenters. The molecule has 2 saturated heterocycles. The van der Waals surface area contributed by atoms with Gasteiger partial charge in [0.1, 0.15) is 5.65 Å². The van der Waals surface area contributed by atoms with Crippen LogP contribution in [0.25, 0.3) is 5.65 Å². The Morgan fingerprint density at radius 2 is 2.17 bits per heavy atom. The average Bonchev–Trinajstić information content (AvgIpc) is 2.96. The lowest BCUT2D eigenvalue weighted by atomic mass is 9.97. The van der Waals surface area contributed by atoms with Crippen molar-refractivity contribution in [1.82, 2.24) is 19.2 Å². The topological polar surface area (TPSA) is 40.9 Å². The van der Waals surface area contributed by atoms with Gasteiger partial charge in [-0.3, -0.25) is 9.69 Å². The van der Waals surface area contributed by atoms with Crippen molar-refractivity contribution in [3.05, 3.63) is 36.3 Å². The van der Waals surface area contributed by atoms with Crippen molar-refractivity contribution in [2.45, 2.75) is 51.1 Å². The van der Waals surface area contributed by atoms with E-state index in [1.54, 1.807) is 0 Å². The number of carbonyl (C=O) groups is 1. The van der Waals surface area contributed by atoms with Gasteiger partial charge in [0.2, 0.25) is 5.91 Å². The number of likely N-dealkylation sites (tertiary alicyclic amines) is 2. The van der Waals surface area contributed by atoms with Crippen LogP contribution >= 0.6 is 0 Å². The van der Waals surface area contributed by atoms with Crippen molar-refractivity contribution in [3.63, 3.8) is 0 Å². The van der Waals surface area contributed by atoms with Crippen molar-refractivity contribution < 1.29 is 4.79 Å². The summed E-state index contributed by atoms with van der Waals surface area (Å²) < 4.78 is 2.01. The zero-order valence-electron chi connectivity index (χ0n) is 14.4. The Morgan fingerprint density at radius 3 is 2.96 bits per heavy atom. The number of aryl methyl sites for hydroxylation is 1. The quantitative estimate of drug-likeness (QED) is 0.866. The number of imidazole rings is 1. The predicted octanol–water partition coefficient (Wildman–Crippen LogP) is 2.35. The van der Waals surface area contributed by atoms with Crippen LogP contribution in [0.15, 0.2) is 30.6 Å². The average molecular weight is 326 g/mol. The maximum Gasteiger partial charge on any atom is 0.223 e. The Morgan fingerprint density at radius 1 is 1.29 bits per heavy atom. The van der Waals surface area contributed by atoms with Crippen molar-refractivity contribution in [2.24, 2.45) is 0 Å². The zero-order valence-corrected chi connectivity index (χ0v) is 14.4. The van der Waals surface area contributed by atoms with E-state index in [9.17, 15) is 4.79 Å². The molecule has 0 radical (unpaired) electrons. The molecule has 1 atom stereocenters. The van der Waals surface area contributed by atoms with E-state index in [1.807, 2.05) is 39.9 Å². The highest BCUT2D eigenvalue weighted by molar-refractivity contribution is 5.77. The van der Waals surface area contributed by atoms with Gasteiger partial charge in [0, 0.05) is 44.0 Å². The summed E-state index contributed by atoms with van der Waals surface area (Å²) in [5.41, 5.74) is 1.94. The molecule has 4 rings (SSSR count). The lowest BCUT2D eigenvalue weighted by molar-refractivity contribution is -0.139. The van der Waals surface area contributed by atoms with Gasteiger partial charge in [-0.2, -0.15) is 0 Å². The molecule has 2 aliphatic rings. The first-order valence-corrected chi connectivity index (χ1v) is 9.17. The fraction of sp³-hybridized carbons (Fsp3) is 0.579. The maximum absolute atomic E-state index is 12.4. The third-order valence-electron chi connectivity index (χ3n) is 5.55. The fourth-order valence-electron chi connectivity index (χ4n) is 4.03. The van der Waals surface area contributed by atoms with Crippen molar-refractivity contribution in [2.75, 3.05) is 19.6 Å². The molecule has 0 aliphatic carbocycles. The molecule has 5 nitrogen and oxygen atoms in total. The van der Waals surface area contributed by atoms with Crippen LogP contribution < -0.4 is 0 Å². The van der Waals surface area contributed by atoms with Crippen molar-refractivity contribution in [1.29, 1.82) is 0 Å². The Balaban J connectivity index is 1.27. The van der Waals surface area contributed by atoms with Crippen molar-refractivity contribution in [3.8, 4) is 0 Å². The summed E-state index contributed by atoms with van der Waals surface area (Å²) in [6.45, 7) is 5.35. The Hall–Kier alpha value is -1.88. The van der Waals surface area contributed by atoms with Crippen LogP contribution in [0.5, 0.6) is 0 Å². The first-order chi connectivity index (χ1) is 11.7. The van der Waals surface area contributed by atoms with E-state index >= 15 is 0 Å². The molecule has 128 valence electrons. The number of hydrogen-bond acceptors (Lipinski definition) is 3. The highest BCUT2D eigenvalue weighted by atomic mass is 16.2. The SMILES string of the molecule is CC1CCCCN1C1CN(C(=O)CCc2cn3ccccc3n2)C1. The summed E-state index contributed by atoms with van der Waals surface area (Å²) >= 11 is 0. The van der Waals surface area contributed by atoms with Gasteiger partial charge in [-0.25, -0.2) is 4.98 Å². The van der Waals surface area contributed by atoms with E-state index in [0.29, 0.717) is 18.5 Å². The summed E-state index contributed by atoms with van der Waals surface area (Å²) in [4.78, 5) is 21.6. The summed E-state index contributed by atoms with van der Waals surface area (Å²) in [5, 5.41) is 0. The summed E-state index contributed by atoms with van der Waals surface area (Å²) in [5.74, 6) is 0.271. The van der Waals surface area contributed by atoms with Gasteiger partial charge < -0.3 is 9.30 Å². The smallest absolute Gasteiger partial charge is 0.223 e. The van der Waals surface area contributed by atoms with Crippen LogP contribution in [0.2, 0.25) is 0 Å². The number of piperidine rings is 1. The molecule has 0 spiro atoms. The molecule has 0 aromatic carbocycles. The second kappa shape index (κ2) is 6.55. The van der Waals surface area contributed by atoms with Crippen LogP contribution in [0, 0.1) is 0 Å². The molecule has 0 N–H and O–H groups in total. The molecule has 2 fully saturated rings. The van der Waals surface area contributed by atoms with Gasteiger partial charge in [0.15, 0.2) is 0 Å². The zero-order chi connectivity index (χ0) is 16.5. The number of amides is 1. The van der Waals surface area contributed by atoms with Crippen LogP contribution in [-0.4, -0.2) is 56.8 Å². The normalized spacial score (nSPS) is 22.7. The monoisotopic (exact) mass is 326 g/mol. The molecule has 2 aromatic rings. The molecule has 1 amide bonds. The number of pyridine rings is 1. The number of hydrogen-bond donors (Lipinski definition) is 0. The summed E-state index contributed by atoms with van der Waals surface area (Å²) in [6.07, 6.45) is 9.27. The third-order valence-corrected chi connectivity index (χ3v) is 5.55. The van der Waals surface area contributed by atoms with Gasteiger partial charge in [-0.15, -0.1) is 0 Å². The Kier molecular flexibility index (Phi) is 4.27. The maximum atomic E-state index is 12.4. The second-order valence-electron chi connectivity index (χ2n) is 7.23. The van der Waals surface area contributed by atoms with E-state index < -0.39 is 0 Å². The first-order valence-electron chi connectivity index (χ1n) is 9.17. The number of fused-ring (bicyclic) bond motifs is 1. The van der Waals surface area contributed by atoms with E-state index in [4.69, 9.17) is 0 Å². The highest BCUT2D eigenvalue weighted by Crippen LogP contribution is 2.25. The summed E-state index contributed by atoms with van der Waals surface area (Å²) in [7, 11) is 0. The molecule has 4 heterocycles. The Labute approximate surface area is 143 Å².